The van der Waals surface area contributed by atoms with Crippen LogP contribution in [0, 0.1) is 0 Å². The van der Waals surface area contributed by atoms with Crippen molar-refractivity contribution >= 4 is 11.6 Å². The highest BCUT2D eigenvalue weighted by Crippen LogP contribution is 2.21. The normalized spacial score (nSPS) is 12.4. The molecule has 2 rings (SSSR count). The fourth-order valence-corrected chi connectivity index (χ4v) is 2.15. The van der Waals surface area contributed by atoms with E-state index in [4.69, 9.17) is 16.3 Å². The molecule has 2 aromatic carbocycles. The number of halogens is 1. The summed E-state index contributed by atoms with van der Waals surface area (Å²) in [5.41, 5.74) is 2.35. The average Bonchev–Trinajstić information content (AvgIpc) is 2.45. The van der Waals surface area contributed by atoms with Gasteiger partial charge in [-0.3, -0.25) is 0 Å². The van der Waals surface area contributed by atoms with E-state index in [1.165, 1.54) is 5.56 Å². The second-order valence-corrected chi connectivity index (χ2v) is 5.56. The Morgan fingerprint density at radius 1 is 1.10 bits per heavy atom. The molecule has 3 heteroatoms. The summed E-state index contributed by atoms with van der Waals surface area (Å²) in [6.45, 7) is 2.71. The van der Waals surface area contributed by atoms with Crippen LogP contribution >= 0.6 is 11.6 Å². The lowest BCUT2D eigenvalue weighted by Crippen LogP contribution is -2.16. The van der Waals surface area contributed by atoms with Crippen molar-refractivity contribution in [1.29, 1.82) is 0 Å². The molecule has 0 aliphatic rings. The van der Waals surface area contributed by atoms with Gasteiger partial charge < -0.3 is 9.64 Å². The van der Waals surface area contributed by atoms with E-state index < -0.39 is 0 Å². The number of rotatable bonds is 5. The molecule has 1 atom stereocenters. The Morgan fingerprint density at radius 2 is 1.80 bits per heavy atom. The standard InChI is InChI=1S/C17H20ClNO/c1-13(19(2)3)15-7-9-17(10-8-15)20-12-14-5-4-6-16(18)11-14/h4-11,13H,12H2,1-3H3. The quantitative estimate of drug-likeness (QED) is 0.801. The van der Waals surface area contributed by atoms with Crippen molar-refractivity contribution in [2.75, 3.05) is 14.1 Å². The minimum absolute atomic E-state index is 0.400. The van der Waals surface area contributed by atoms with Gasteiger partial charge >= 0.3 is 0 Å². The fourth-order valence-electron chi connectivity index (χ4n) is 1.93. The molecular weight excluding hydrogens is 270 g/mol. The first-order chi connectivity index (χ1) is 9.56. The molecule has 0 amide bonds. The lowest BCUT2D eigenvalue weighted by molar-refractivity contribution is 0.304. The molecule has 106 valence electrons. The van der Waals surface area contributed by atoms with E-state index in [1.807, 2.05) is 36.4 Å². The molecule has 0 bridgehead atoms. The Morgan fingerprint density at radius 3 is 2.40 bits per heavy atom. The predicted molar refractivity (Wildman–Crippen MR) is 84.3 cm³/mol. The van der Waals surface area contributed by atoms with Gasteiger partial charge in [0.15, 0.2) is 0 Å². The van der Waals surface area contributed by atoms with Gasteiger partial charge in [-0.2, -0.15) is 0 Å². The lowest BCUT2D eigenvalue weighted by Gasteiger charge is -2.20. The summed E-state index contributed by atoms with van der Waals surface area (Å²) in [5, 5.41) is 0.737. The fraction of sp³-hybridized carbons (Fsp3) is 0.294. The lowest BCUT2D eigenvalue weighted by atomic mass is 10.1. The van der Waals surface area contributed by atoms with Gasteiger partial charge in [0.05, 0.1) is 0 Å². The molecule has 0 saturated heterocycles. The van der Waals surface area contributed by atoms with Crippen molar-refractivity contribution < 1.29 is 4.74 Å². The molecule has 20 heavy (non-hydrogen) atoms. The molecule has 2 aromatic rings. The molecule has 0 aliphatic heterocycles. The Bertz CT molecular complexity index is 551. The first-order valence-corrected chi connectivity index (χ1v) is 7.07. The third-order valence-electron chi connectivity index (χ3n) is 3.43. The van der Waals surface area contributed by atoms with Crippen molar-refractivity contribution in [2.45, 2.75) is 19.6 Å². The minimum atomic E-state index is 0.400. The zero-order chi connectivity index (χ0) is 14.5. The highest BCUT2D eigenvalue weighted by molar-refractivity contribution is 6.30. The van der Waals surface area contributed by atoms with E-state index in [1.54, 1.807) is 0 Å². The van der Waals surface area contributed by atoms with Crippen LogP contribution in [0.4, 0.5) is 0 Å². The number of hydrogen-bond acceptors (Lipinski definition) is 2. The Labute approximate surface area is 125 Å². The molecule has 0 aromatic heterocycles. The van der Waals surface area contributed by atoms with Crippen LogP contribution in [-0.2, 0) is 6.61 Å². The molecule has 0 heterocycles. The molecule has 0 saturated carbocycles. The summed E-state index contributed by atoms with van der Waals surface area (Å²) in [4.78, 5) is 2.18. The molecule has 0 fully saturated rings. The summed E-state index contributed by atoms with van der Waals surface area (Å²) in [5.74, 6) is 0.875. The smallest absolute Gasteiger partial charge is 0.119 e. The van der Waals surface area contributed by atoms with Crippen molar-refractivity contribution in [2.24, 2.45) is 0 Å². The van der Waals surface area contributed by atoms with E-state index in [-0.39, 0.29) is 0 Å². The van der Waals surface area contributed by atoms with Crippen molar-refractivity contribution in [1.82, 2.24) is 4.90 Å². The summed E-state index contributed by atoms with van der Waals surface area (Å²) < 4.78 is 5.77. The molecule has 0 aliphatic carbocycles. The van der Waals surface area contributed by atoms with Crippen LogP contribution in [0.5, 0.6) is 5.75 Å². The van der Waals surface area contributed by atoms with Crippen LogP contribution in [-0.4, -0.2) is 19.0 Å². The van der Waals surface area contributed by atoms with Crippen molar-refractivity contribution in [3.05, 3.63) is 64.7 Å². The maximum Gasteiger partial charge on any atom is 0.119 e. The third kappa shape index (κ3) is 3.99. The second-order valence-electron chi connectivity index (χ2n) is 5.13. The van der Waals surface area contributed by atoms with E-state index >= 15 is 0 Å². The van der Waals surface area contributed by atoms with Crippen LogP contribution < -0.4 is 4.74 Å². The van der Waals surface area contributed by atoms with Gasteiger partial charge in [-0.1, -0.05) is 35.9 Å². The monoisotopic (exact) mass is 289 g/mol. The average molecular weight is 290 g/mol. The Balaban J connectivity index is 1.97. The van der Waals surface area contributed by atoms with Crippen molar-refractivity contribution in [3.8, 4) is 5.75 Å². The van der Waals surface area contributed by atoms with E-state index in [2.05, 4.69) is 38.1 Å². The minimum Gasteiger partial charge on any atom is -0.489 e. The van der Waals surface area contributed by atoms with Gasteiger partial charge in [0.25, 0.3) is 0 Å². The molecule has 0 spiro atoms. The van der Waals surface area contributed by atoms with Gasteiger partial charge in [0.2, 0.25) is 0 Å². The zero-order valence-corrected chi connectivity index (χ0v) is 12.9. The maximum absolute atomic E-state index is 5.95. The van der Waals surface area contributed by atoms with Crippen LogP contribution in [0.25, 0.3) is 0 Å². The largest absolute Gasteiger partial charge is 0.489 e. The highest BCUT2D eigenvalue weighted by atomic mass is 35.5. The van der Waals surface area contributed by atoms with Crippen molar-refractivity contribution in [3.63, 3.8) is 0 Å². The maximum atomic E-state index is 5.95. The predicted octanol–water partition coefficient (Wildman–Crippen LogP) is 4.54. The molecular formula is C17H20ClNO. The summed E-state index contributed by atoms with van der Waals surface area (Å²) in [6.07, 6.45) is 0. The topological polar surface area (TPSA) is 12.5 Å². The van der Waals surface area contributed by atoms with Gasteiger partial charge in [-0.15, -0.1) is 0 Å². The zero-order valence-electron chi connectivity index (χ0n) is 12.1. The molecule has 1 unspecified atom stereocenters. The summed E-state index contributed by atoms with van der Waals surface area (Å²) >= 11 is 5.95. The van der Waals surface area contributed by atoms with Gasteiger partial charge in [0.1, 0.15) is 12.4 Å². The number of hydrogen-bond donors (Lipinski definition) is 0. The van der Waals surface area contributed by atoms with Gasteiger partial charge in [0, 0.05) is 11.1 Å². The summed E-state index contributed by atoms with van der Waals surface area (Å²) in [6, 6.07) is 16.4. The van der Waals surface area contributed by atoms with Gasteiger partial charge in [-0.25, -0.2) is 0 Å². The molecule has 0 radical (unpaired) electrons. The first-order valence-electron chi connectivity index (χ1n) is 6.70. The highest BCUT2D eigenvalue weighted by Gasteiger charge is 2.07. The SMILES string of the molecule is CC(c1ccc(OCc2cccc(Cl)c2)cc1)N(C)C. The van der Waals surface area contributed by atoms with Crippen LogP contribution in [0.2, 0.25) is 5.02 Å². The van der Waals surface area contributed by atoms with Gasteiger partial charge in [-0.05, 0) is 56.4 Å². The third-order valence-corrected chi connectivity index (χ3v) is 3.67. The Kier molecular flexibility index (Phi) is 5.05. The summed E-state index contributed by atoms with van der Waals surface area (Å²) in [7, 11) is 4.16. The first kappa shape index (κ1) is 14.9. The molecule has 2 nitrogen and oxygen atoms in total. The number of ether oxygens (including phenoxy) is 1. The van der Waals surface area contributed by atoms with Crippen LogP contribution in [0.15, 0.2) is 48.5 Å². The van der Waals surface area contributed by atoms with E-state index in [0.29, 0.717) is 12.6 Å². The van der Waals surface area contributed by atoms with E-state index in [0.717, 1.165) is 16.3 Å². The van der Waals surface area contributed by atoms with Crippen LogP contribution in [0.1, 0.15) is 24.1 Å². The second kappa shape index (κ2) is 6.78. The van der Waals surface area contributed by atoms with E-state index in [9.17, 15) is 0 Å². The number of benzene rings is 2. The number of nitrogens with zero attached hydrogens (tertiary/aromatic N) is 1. The molecule has 0 N–H and O–H groups in total. The van der Waals surface area contributed by atoms with Crippen LogP contribution in [0.3, 0.4) is 0 Å². The Hall–Kier alpha value is -1.51.